The number of ether oxygens (including phenoxy) is 2. The fourth-order valence-corrected chi connectivity index (χ4v) is 4.13. The number of rotatable bonds is 4. The number of fused-ring (bicyclic) bond motifs is 1. The molecule has 3 rings (SSSR count). The summed E-state index contributed by atoms with van der Waals surface area (Å²) in [6.07, 6.45) is 3.41. The Morgan fingerprint density at radius 2 is 2.33 bits per heavy atom. The number of piperidine rings is 1. The van der Waals surface area contributed by atoms with Crippen molar-refractivity contribution in [3.05, 3.63) is 35.1 Å². The summed E-state index contributed by atoms with van der Waals surface area (Å²) < 4.78 is 24.7. The molecule has 0 bridgehead atoms. The summed E-state index contributed by atoms with van der Waals surface area (Å²) in [7, 11) is 1.71. The van der Waals surface area contributed by atoms with E-state index >= 15 is 0 Å². The number of benzene rings is 1. The number of aryl methyl sites for hydroxylation is 1. The van der Waals surface area contributed by atoms with Crippen LogP contribution in [0.3, 0.4) is 0 Å². The number of carbonyl (C=O) groups is 1. The van der Waals surface area contributed by atoms with Crippen molar-refractivity contribution >= 4 is 5.91 Å². The van der Waals surface area contributed by atoms with Crippen LogP contribution in [0, 0.1) is 18.2 Å². The largest absolute Gasteiger partial charge is 0.384 e. The molecular formula is C19H26FNO3. The molecule has 5 heteroatoms. The number of hydrogen-bond donors (Lipinski definition) is 0. The second-order valence-electron chi connectivity index (χ2n) is 7.11. The van der Waals surface area contributed by atoms with Crippen LogP contribution in [0.2, 0.25) is 0 Å². The van der Waals surface area contributed by atoms with E-state index in [9.17, 15) is 9.18 Å². The maximum Gasteiger partial charge on any atom is 0.227 e. The van der Waals surface area contributed by atoms with E-state index in [0.29, 0.717) is 19.6 Å². The zero-order valence-corrected chi connectivity index (χ0v) is 14.5. The predicted octanol–water partition coefficient (Wildman–Crippen LogP) is 2.72. The summed E-state index contributed by atoms with van der Waals surface area (Å²) >= 11 is 0. The fourth-order valence-electron chi connectivity index (χ4n) is 4.13. The molecule has 2 heterocycles. The van der Waals surface area contributed by atoms with Crippen molar-refractivity contribution < 1.29 is 18.7 Å². The maximum atomic E-state index is 13.2. The molecule has 0 N–H and O–H groups in total. The van der Waals surface area contributed by atoms with Gasteiger partial charge < -0.3 is 14.4 Å². The summed E-state index contributed by atoms with van der Waals surface area (Å²) in [5, 5.41) is 0. The molecule has 0 aliphatic carbocycles. The third-order valence-electron chi connectivity index (χ3n) is 5.42. The Kier molecular flexibility index (Phi) is 5.21. The van der Waals surface area contributed by atoms with E-state index in [1.807, 2.05) is 11.8 Å². The molecule has 1 aromatic rings. The van der Waals surface area contributed by atoms with Crippen molar-refractivity contribution in [2.45, 2.75) is 38.7 Å². The molecule has 2 atom stereocenters. The summed E-state index contributed by atoms with van der Waals surface area (Å²) in [6.45, 7) is 4.68. The minimum Gasteiger partial charge on any atom is -0.384 e. The summed E-state index contributed by atoms with van der Waals surface area (Å²) in [5.41, 5.74) is 1.63. The van der Waals surface area contributed by atoms with E-state index in [1.54, 1.807) is 13.2 Å². The van der Waals surface area contributed by atoms with Crippen molar-refractivity contribution in [2.75, 3.05) is 33.4 Å². The molecule has 2 fully saturated rings. The van der Waals surface area contributed by atoms with Gasteiger partial charge in [-0.25, -0.2) is 4.39 Å². The predicted molar refractivity (Wildman–Crippen MR) is 89.3 cm³/mol. The van der Waals surface area contributed by atoms with Crippen LogP contribution in [0.25, 0.3) is 0 Å². The van der Waals surface area contributed by atoms with Gasteiger partial charge >= 0.3 is 0 Å². The van der Waals surface area contributed by atoms with E-state index in [2.05, 4.69) is 0 Å². The molecule has 2 aliphatic heterocycles. The average Bonchev–Trinajstić information content (AvgIpc) is 2.57. The lowest BCUT2D eigenvalue weighted by atomic mass is 9.73. The minimum absolute atomic E-state index is 0.0846. The molecule has 132 valence electrons. The van der Waals surface area contributed by atoms with Crippen LogP contribution in [-0.2, 0) is 20.7 Å². The van der Waals surface area contributed by atoms with Crippen LogP contribution in [0.4, 0.5) is 4.39 Å². The summed E-state index contributed by atoms with van der Waals surface area (Å²) in [6, 6.07) is 4.61. The number of amides is 1. The SMILES string of the molecule is COC[C@]12CCCO[C@H]1CCN(C(=O)Cc1ccc(F)cc1C)C2. The highest BCUT2D eigenvalue weighted by atomic mass is 19.1. The first-order chi connectivity index (χ1) is 11.5. The zero-order chi connectivity index (χ0) is 17.2. The van der Waals surface area contributed by atoms with Crippen LogP contribution in [-0.4, -0.2) is 50.3 Å². The molecule has 0 unspecified atom stereocenters. The van der Waals surface area contributed by atoms with Crippen LogP contribution < -0.4 is 0 Å². The number of halogens is 1. The Balaban J connectivity index is 1.71. The Bertz CT molecular complexity index is 602. The van der Waals surface area contributed by atoms with E-state index < -0.39 is 0 Å². The molecule has 2 aliphatic rings. The van der Waals surface area contributed by atoms with Crippen molar-refractivity contribution in [1.82, 2.24) is 4.90 Å². The highest BCUT2D eigenvalue weighted by Gasteiger charge is 2.46. The molecule has 1 amide bonds. The first kappa shape index (κ1) is 17.4. The second-order valence-corrected chi connectivity index (χ2v) is 7.11. The molecule has 0 saturated carbocycles. The Morgan fingerprint density at radius 3 is 3.08 bits per heavy atom. The standard InChI is InChI=1S/C19H26FNO3/c1-14-10-16(20)5-4-15(14)11-18(22)21-8-6-17-19(12-21,13-23-2)7-3-9-24-17/h4-5,10,17H,3,6-9,11-13H2,1-2H3/t17-,19+/m0/s1. The molecule has 2 saturated heterocycles. The zero-order valence-electron chi connectivity index (χ0n) is 14.5. The minimum atomic E-state index is -0.261. The quantitative estimate of drug-likeness (QED) is 0.849. The molecule has 0 spiro atoms. The van der Waals surface area contributed by atoms with Gasteiger partial charge in [0, 0.05) is 32.2 Å². The van der Waals surface area contributed by atoms with Crippen molar-refractivity contribution in [2.24, 2.45) is 5.41 Å². The monoisotopic (exact) mass is 335 g/mol. The normalized spacial score (nSPS) is 27.0. The average molecular weight is 335 g/mol. The third kappa shape index (κ3) is 3.47. The molecular weight excluding hydrogens is 309 g/mol. The lowest BCUT2D eigenvalue weighted by Crippen LogP contribution is -2.58. The lowest BCUT2D eigenvalue weighted by Gasteiger charge is -2.50. The second kappa shape index (κ2) is 7.19. The van der Waals surface area contributed by atoms with Gasteiger partial charge in [0.15, 0.2) is 0 Å². The number of methoxy groups -OCH3 is 1. The third-order valence-corrected chi connectivity index (χ3v) is 5.42. The van der Waals surface area contributed by atoms with Gasteiger partial charge in [-0.2, -0.15) is 0 Å². The molecule has 24 heavy (non-hydrogen) atoms. The van der Waals surface area contributed by atoms with Crippen molar-refractivity contribution in [1.29, 1.82) is 0 Å². The van der Waals surface area contributed by atoms with Gasteiger partial charge in [0.1, 0.15) is 5.82 Å². The Morgan fingerprint density at radius 1 is 1.50 bits per heavy atom. The first-order valence-electron chi connectivity index (χ1n) is 8.67. The molecule has 0 aromatic heterocycles. The van der Waals surface area contributed by atoms with Crippen LogP contribution in [0.15, 0.2) is 18.2 Å². The maximum absolute atomic E-state index is 13.2. The number of nitrogens with zero attached hydrogens (tertiary/aromatic N) is 1. The smallest absolute Gasteiger partial charge is 0.227 e. The van der Waals surface area contributed by atoms with Gasteiger partial charge in [0.05, 0.1) is 19.1 Å². The van der Waals surface area contributed by atoms with E-state index in [1.165, 1.54) is 12.1 Å². The van der Waals surface area contributed by atoms with Gasteiger partial charge in [-0.15, -0.1) is 0 Å². The van der Waals surface area contributed by atoms with Crippen LogP contribution in [0.1, 0.15) is 30.4 Å². The van der Waals surface area contributed by atoms with E-state index in [-0.39, 0.29) is 23.2 Å². The molecule has 0 radical (unpaired) electrons. The molecule has 4 nitrogen and oxygen atoms in total. The Hall–Kier alpha value is -1.46. The molecule has 1 aromatic carbocycles. The Labute approximate surface area is 142 Å². The highest BCUT2D eigenvalue weighted by Crippen LogP contribution is 2.40. The van der Waals surface area contributed by atoms with Gasteiger partial charge in [0.25, 0.3) is 0 Å². The lowest BCUT2D eigenvalue weighted by molar-refractivity contribution is -0.161. The number of carbonyl (C=O) groups excluding carboxylic acids is 1. The van der Waals surface area contributed by atoms with Gasteiger partial charge in [-0.05, 0) is 49.4 Å². The number of likely N-dealkylation sites (tertiary alicyclic amines) is 1. The highest BCUT2D eigenvalue weighted by molar-refractivity contribution is 5.79. The van der Waals surface area contributed by atoms with Crippen molar-refractivity contribution in [3.8, 4) is 0 Å². The number of hydrogen-bond acceptors (Lipinski definition) is 3. The first-order valence-corrected chi connectivity index (χ1v) is 8.67. The van der Waals surface area contributed by atoms with Crippen LogP contribution in [0.5, 0.6) is 0 Å². The fraction of sp³-hybridized carbons (Fsp3) is 0.632. The van der Waals surface area contributed by atoms with Gasteiger partial charge in [-0.3, -0.25) is 4.79 Å². The van der Waals surface area contributed by atoms with Crippen molar-refractivity contribution in [3.63, 3.8) is 0 Å². The van der Waals surface area contributed by atoms with Gasteiger partial charge in [-0.1, -0.05) is 6.07 Å². The van der Waals surface area contributed by atoms with E-state index in [4.69, 9.17) is 9.47 Å². The van der Waals surface area contributed by atoms with Gasteiger partial charge in [0.2, 0.25) is 5.91 Å². The topological polar surface area (TPSA) is 38.8 Å². The summed E-state index contributed by atoms with van der Waals surface area (Å²) in [5.74, 6) is -0.160. The summed E-state index contributed by atoms with van der Waals surface area (Å²) in [4.78, 5) is 14.7. The van der Waals surface area contributed by atoms with Crippen LogP contribution >= 0.6 is 0 Å². The van der Waals surface area contributed by atoms with E-state index in [0.717, 1.165) is 43.5 Å².